The molecule has 4 heterocycles. The molecule has 0 bridgehead atoms. The Bertz CT molecular complexity index is 1620. The van der Waals surface area contributed by atoms with Gasteiger partial charge in [-0.1, -0.05) is 13.0 Å². The van der Waals surface area contributed by atoms with Crippen LogP contribution in [0.2, 0.25) is 0 Å². The first-order chi connectivity index (χ1) is 19.9. The third-order valence-electron chi connectivity index (χ3n) is 8.15. The van der Waals surface area contributed by atoms with Crippen molar-refractivity contribution >= 4 is 33.4 Å². The fourth-order valence-corrected chi connectivity index (χ4v) is 6.84. The van der Waals surface area contributed by atoms with Crippen molar-refractivity contribution < 1.29 is 27.4 Å². The molecule has 216 valence electrons. The summed E-state index contributed by atoms with van der Waals surface area (Å²) in [6, 6.07) is 6.49. The third-order valence-corrected chi connectivity index (χ3v) is 8.84. The second kappa shape index (κ2) is 11.3. The molecule has 7 nitrogen and oxygen atoms in total. The van der Waals surface area contributed by atoms with Crippen LogP contribution in [0.5, 0.6) is 11.8 Å². The van der Waals surface area contributed by atoms with Gasteiger partial charge in [-0.3, -0.25) is 9.88 Å². The molecular weight excluding hydrogens is 553 g/mol. The summed E-state index contributed by atoms with van der Waals surface area (Å²) >= 11 is 1.33. The third kappa shape index (κ3) is 4.97. The van der Waals surface area contributed by atoms with Gasteiger partial charge >= 0.3 is 6.01 Å². The molecule has 2 aliphatic heterocycles. The van der Waals surface area contributed by atoms with Crippen molar-refractivity contribution in [3.8, 4) is 23.0 Å². The van der Waals surface area contributed by atoms with Crippen LogP contribution in [0.15, 0.2) is 35.5 Å². The lowest BCUT2D eigenvalue weighted by molar-refractivity contribution is 0.0512. The zero-order chi connectivity index (χ0) is 28.7. The van der Waals surface area contributed by atoms with Crippen molar-refractivity contribution in [2.75, 3.05) is 39.9 Å². The van der Waals surface area contributed by atoms with Crippen LogP contribution in [0.25, 0.3) is 32.9 Å². The van der Waals surface area contributed by atoms with Crippen LogP contribution >= 0.6 is 11.8 Å². The van der Waals surface area contributed by atoms with Gasteiger partial charge in [0.05, 0.1) is 10.9 Å². The van der Waals surface area contributed by atoms with Gasteiger partial charge in [-0.25, -0.2) is 13.2 Å². The second-order valence-electron chi connectivity index (χ2n) is 10.6. The zero-order valence-electron chi connectivity index (χ0n) is 23.2. The van der Waals surface area contributed by atoms with Crippen LogP contribution in [0.1, 0.15) is 31.7 Å². The van der Waals surface area contributed by atoms with E-state index in [2.05, 4.69) is 19.9 Å². The van der Waals surface area contributed by atoms with Crippen LogP contribution in [0, 0.1) is 11.6 Å². The van der Waals surface area contributed by atoms with Gasteiger partial charge in [0.1, 0.15) is 40.6 Å². The van der Waals surface area contributed by atoms with Crippen LogP contribution in [-0.4, -0.2) is 71.4 Å². The molecular formula is C30H31F3N4O3S. The highest BCUT2D eigenvalue weighted by Gasteiger charge is 2.49. The van der Waals surface area contributed by atoms with Crippen molar-refractivity contribution in [3.05, 3.63) is 47.7 Å². The molecule has 4 aromatic rings. The number of hydrogen-bond donors (Lipinski definition) is 0. The molecule has 0 aliphatic carbocycles. The van der Waals surface area contributed by atoms with E-state index in [1.807, 2.05) is 13.2 Å². The largest absolute Gasteiger partial charge is 0.468 e. The lowest BCUT2D eigenvalue weighted by Gasteiger charge is -2.30. The van der Waals surface area contributed by atoms with E-state index in [0.29, 0.717) is 57.4 Å². The van der Waals surface area contributed by atoms with Gasteiger partial charge in [0, 0.05) is 31.8 Å². The molecule has 2 saturated heterocycles. The molecule has 41 heavy (non-hydrogen) atoms. The molecule has 0 radical (unpaired) electrons. The van der Waals surface area contributed by atoms with Gasteiger partial charge in [0.15, 0.2) is 12.6 Å². The molecule has 0 amide bonds. The van der Waals surface area contributed by atoms with Crippen LogP contribution < -0.4 is 9.47 Å². The molecule has 2 aromatic carbocycles. The number of fused-ring (bicyclic) bond motifs is 3. The highest BCUT2D eigenvalue weighted by Crippen LogP contribution is 2.41. The summed E-state index contributed by atoms with van der Waals surface area (Å²) in [4.78, 5) is 15.6. The normalized spacial score (nSPS) is 20.7. The number of aryl methyl sites for hydroxylation is 1. The summed E-state index contributed by atoms with van der Waals surface area (Å²) in [7, 11) is 1.51. The second-order valence-corrected chi connectivity index (χ2v) is 11.4. The number of rotatable bonds is 9. The fourth-order valence-electron chi connectivity index (χ4n) is 6.30. The molecule has 2 aromatic heterocycles. The molecule has 0 N–H and O–H groups in total. The molecule has 6 rings (SSSR count). The first-order valence-corrected chi connectivity index (χ1v) is 14.9. The smallest absolute Gasteiger partial charge is 0.318 e. The number of halogens is 3. The monoisotopic (exact) mass is 584 g/mol. The predicted molar refractivity (Wildman–Crippen MR) is 152 cm³/mol. The van der Waals surface area contributed by atoms with Crippen molar-refractivity contribution in [3.63, 3.8) is 0 Å². The summed E-state index contributed by atoms with van der Waals surface area (Å²) in [6.45, 7) is 3.32. The lowest BCUT2D eigenvalue weighted by Crippen LogP contribution is -2.43. The van der Waals surface area contributed by atoms with Crippen molar-refractivity contribution in [2.24, 2.45) is 0 Å². The number of aromatic nitrogens is 3. The molecule has 11 heteroatoms. The predicted octanol–water partition coefficient (Wildman–Crippen LogP) is 6.35. The number of alkyl halides is 1. The number of hydrogen-bond acceptors (Lipinski definition) is 8. The quantitative estimate of drug-likeness (QED) is 0.128. The number of benzene rings is 2. The Morgan fingerprint density at radius 1 is 1.17 bits per heavy atom. The average Bonchev–Trinajstić information content (AvgIpc) is 3.50. The maximum atomic E-state index is 16.5. The maximum Gasteiger partial charge on any atom is 0.318 e. The average molecular weight is 585 g/mol. The van der Waals surface area contributed by atoms with Crippen molar-refractivity contribution in [1.82, 2.24) is 19.9 Å². The summed E-state index contributed by atoms with van der Waals surface area (Å²) in [5.41, 5.74) is 0.513. The van der Waals surface area contributed by atoms with Gasteiger partial charge in [-0.2, -0.15) is 9.97 Å². The Kier molecular flexibility index (Phi) is 7.69. The summed E-state index contributed by atoms with van der Waals surface area (Å²) < 4.78 is 62.5. The molecule has 2 atom stereocenters. The summed E-state index contributed by atoms with van der Waals surface area (Å²) in [5.74, 6) is -0.616. The maximum absolute atomic E-state index is 16.5. The van der Waals surface area contributed by atoms with E-state index in [1.165, 1.54) is 31.1 Å². The standard InChI is InChI=1S/C30H31F3N4O3S/c1-4-20-23(32)7-6-17-10-19(40-16-38-2)11-21(24(17)20)26-25(33)27-22(13-34-26)28(41-3)36-29(35-27)39-15-30-8-5-9-37(30)14-18(31)12-30/h6-7,10-11,13,18H,4-5,8-9,12,14-16H2,1-3H3/t18?,30-/m0/s1. The minimum Gasteiger partial charge on any atom is -0.468 e. The van der Waals surface area contributed by atoms with E-state index in [0.717, 1.165) is 19.4 Å². The Morgan fingerprint density at radius 3 is 2.80 bits per heavy atom. The van der Waals surface area contributed by atoms with E-state index >= 15 is 4.39 Å². The van der Waals surface area contributed by atoms with Gasteiger partial charge in [0.25, 0.3) is 0 Å². The number of thioether (sulfide) groups is 1. The summed E-state index contributed by atoms with van der Waals surface area (Å²) in [6.07, 6.45) is 5.10. The molecule has 2 aliphatic rings. The molecule has 0 saturated carbocycles. The number of methoxy groups -OCH3 is 1. The van der Waals surface area contributed by atoms with E-state index < -0.39 is 12.0 Å². The molecule has 2 fully saturated rings. The Morgan fingerprint density at radius 2 is 2.02 bits per heavy atom. The minimum atomic E-state index is -0.888. The first kappa shape index (κ1) is 28.0. The topological polar surface area (TPSA) is 69.6 Å². The van der Waals surface area contributed by atoms with Gasteiger partial charge in [-0.05, 0) is 66.6 Å². The van der Waals surface area contributed by atoms with Gasteiger partial charge in [0.2, 0.25) is 0 Å². The lowest BCUT2D eigenvalue weighted by atomic mass is 9.94. The zero-order valence-corrected chi connectivity index (χ0v) is 24.0. The van der Waals surface area contributed by atoms with E-state index in [1.54, 1.807) is 18.2 Å². The number of nitrogens with zero attached hydrogens (tertiary/aromatic N) is 4. The highest BCUT2D eigenvalue weighted by atomic mass is 32.2. The Balaban J connectivity index is 1.47. The van der Waals surface area contributed by atoms with Crippen molar-refractivity contribution in [2.45, 2.75) is 49.3 Å². The Hall–Kier alpha value is -3.15. The van der Waals surface area contributed by atoms with Crippen LogP contribution in [-0.2, 0) is 11.2 Å². The van der Waals surface area contributed by atoms with Gasteiger partial charge in [-0.15, -0.1) is 11.8 Å². The number of pyridine rings is 1. The SMILES string of the molecule is CCc1c(F)ccc2cc(OCOC)cc(-c3ncc4c(SC)nc(OC[C@@]56CCCN5CC(F)C6)nc4c3F)c12. The van der Waals surface area contributed by atoms with E-state index in [4.69, 9.17) is 14.2 Å². The fraction of sp³-hybridized carbons (Fsp3) is 0.433. The van der Waals surface area contributed by atoms with Crippen LogP contribution in [0.3, 0.4) is 0 Å². The molecule has 1 unspecified atom stereocenters. The van der Waals surface area contributed by atoms with Crippen LogP contribution in [0.4, 0.5) is 13.2 Å². The van der Waals surface area contributed by atoms with E-state index in [-0.39, 0.29) is 42.0 Å². The number of ether oxygens (including phenoxy) is 3. The first-order valence-electron chi connectivity index (χ1n) is 13.7. The van der Waals surface area contributed by atoms with Crippen molar-refractivity contribution in [1.29, 1.82) is 0 Å². The Labute approximate surface area is 240 Å². The summed E-state index contributed by atoms with van der Waals surface area (Å²) in [5, 5.41) is 2.20. The minimum absolute atomic E-state index is 0.00646. The molecule has 0 spiro atoms. The van der Waals surface area contributed by atoms with E-state index in [9.17, 15) is 8.78 Å². The van der Waals surface area contributed by atoms with Gasteiger partial charge < -0.3 is 14.2 Å². The highest BCUT2D eigenvalue weighted by molar-refractivity contribution is 7.98.